The van der Waals surface area contributed by atoms with Crippen molar-refractivity contribution < 1.29 is 9.90 Å². The third-order valence-corrected chi connectivity index (χ3v) is 4.64. The Morgan fingerprint density at radius 3 is 2.95 bits per heavy atom. The Kier molecular flexibility index (Phi) is 6.68. The summed E-state index contributed by atoms with van der Waals surface area (Å²) in [6, 6.07) is 8.43. The summed E-state index contributed by atoms with van der Waals surface area (Å²) in [6.45, 7) is 3.30. The Hall–Kier alpha value is -1.10. The molecule has 1 saturated heterocycles. The molecule has 1 aromatic rings. The van der Waals surface area contributed by atoms with Crippen LogP contribution >= 0.6 is 11.6 Å². The molecule has 0 amide bonds. The van der Waals surface area contributed by atoms with Crippen molar-refractivity contribution in [2.45, 2.75) is 31.7 Å². The molecule has 5 heteroatoms. The van der Waals surface area contributed by atoms with Gasteiger partial charge in [-0.05, 0) is 63.5 Å². The molecule has 0 spiro atoms. The maximum atomic E-state index is 10.8. The van der Waals surface area contributed by atoms with E-state index in [-0.39, 0.29) is 6.54 Å². The van der Waals surface area contributed by atoms with Crippen LogP contribution in [0.25, 0.3) is 0 Å². The standard InChI is InChI=1S/C17H25ClN2O2/c1-19(13-17(21)22)16-6-3-9-20(11-8-16)10-7-14-4-2-5-15(18)12-14/h2,4-5,12,16H,3,6-11,13H2,1H3,(H,21,22). The highest BCUT2D eigenvalue weighted by atomic mass is 35.5. The smallest absolute Gasteiger partial charge is 0.317 e. The lowest BCUT2D eigenvalue weighted by Gasteiger charge is -2.25. The topological polar surface area (TPSA) is 43.8 Å². The minimum absolute atomic E-state index is 0.132. The van der Waals surface area contributed by atoms with Crippen LogP contribution in [0.5, 0.6) is 0 Å². The van der Waals surface area contributed by atoms with Gasteiger partial charge in [-0.15, -0.1) is 0 Å². The van der Waals surface area contributed by atoms with Gasteiger partial charge < -0.3 is 10.0 Å². The number of carbonyl (C=O) groups is 1. The van der Waals surface area contributed by atoms with E-state index in [1.54, 1.807) is 0 Å². The van der Waals surface area contributed by atoms with Gasteiger partial charge in [0.05, 0.1) is 6.54 Å². The molecule has 1 unspecified atom stereocenters. The van der Waals surface area contributed by atoms with Crippen molar-refractivity contribution in [3.8, 4) is 0 Å². The fourth-order valence-corrected chi connectivity index (χ4v) is 3.34. The molecule has 22 heavy (non-hydrogen) atoms. The van der Waals surface area contributed by atoms with Gasteiger partial charge in [-0.1, -0.05) is 23.7 Å². The highest BCUT2D eigenvalue weighted by Gasteiger charge is 2.21. The average Bonchev–Trinajstić information content (AvgIpc) is 2.70. The van der Waals surface area contributed by atoms with E-state index < -0.39 is 5.97 Å². The molecule has 1 aliphatic rings. The number of halogens is 1. The lowest BCUT2D eigenvalue weighted by molar-refractivity contribution is -0.138. The number of nitrogens with zero attached hydrogens (tertiary/aromatic N) is 2. The third-order valence-electron chi connectivity index (χ3n) is 4.40. The van der Waals surface area contributed by atoms with Crippen LogP contribution in [0.4, 0.5) is 0 Å². The molecule has 2 rings (SSSR count). The summed E-state index contributed by atoms with van der Waals surface area (Å²) < 4.78 is 0. The fourth-order valence-electron chi connectivity index (χ4n) is 3.12. The lowest BCUT2D eigenvalue weighted by Crippen LogP contribution is -2.36. The molecular weight excluding hydrogens is 300 g/mol. The molecular formula is C17H25ClN2O2. The predicted molar refractivity (Wildman–Crippen MR) is 89.5 cm³/mol. The first-order valence-corrected chi connectivity index (χ1v) is 8.31. The van der Waals surface area contributed by atoms with Gasteiger partial charge in [-0.25, -0.2) is 0 Å². The Balaban J connectivity index is 1.79. The maximum absolute atomic E-state index is 10.8. The van der Waals surface area contributed by atoms with Crippen molar-refractivity contribution in [2.75, 3.05) is 33.2 Å². The van der Waals surface area contributed by atoms with E-state index in [9.17, 15) is 4.79 Å². The number of carboxylic acid groups (broad SMARTS) is 1. The summed E-state index contributed by atoms with van der Waals surface area (Å²) in [5.41, 5.74) is 1.27. The van der Waals surface area contributed by atoms with Gasteiger partial charge in [0, 0.05) is 17.6 Å². The highest BCUT2D eigenvalue weighted by molar-refractivity contribution is 6.30. The van der Waals surface area contributed by atoms with Crippen LogP contribution in [0.2, 0.25) is 5.02 Å². The quantitative estimate of drug-likeness (QED) is 0.874. The molecule has 1 atom stereocenters. The van der Waals surface area contributed by atoms with Crippen LogP contribution in [-0.2, 0) is 11.2 Å². The van der Waals surface area contributed by atoms with Gasteiger partial charge in [0.25, 0.3) is 0 Å². The normalized spacial score (nSPS) is 20.0. The zero-order chi connectivity index (χ0) is 15.9. The maximum Gasteiger partial charge on any atom is 0.317 e. The number of hydrogen-bond acceptors (Lipinski definition) is 3. The summed E-state index contributed by atoms with van der Waals surface area (Å²) in [4.78, 5) is 15.3. The Morgan fingerprint density at radius 2 is 2.23 bits per heavy atom. The highest BCUT2D eigenvalue weighted by Crippen LogP contribution is 2.17. The molecule has 1 aromatic carbocycles. The van der Waals surface area contributed by atoms with Crippen LogP contribution in [0.3, 0.4) is 0 Å². The molecule has 122 valence electrons. The molecule has 0 bridgehead atoms. The van der Waals surface area contributed by atoms with Crippen molar-refractivity contribution in [2.24, 2.45) is 0 Å². The summed E-state index contributed by atoms with van der Waals surface area (Å²) in [6.07, 6.45) is 4.26. The van der Waals surface area contributed by atoms with Gasteiger partial charge >= 0.3 is 5.97 Å². The molecule has 4 nitrogen and oxygen atoms in total. The van der Waals surface area contributed by atoms with Gasteiger partial charge in [-0.2, -0.15) is 0 Å². The number of carboxylic acids is 1. The van der Waals surface area contributed by atoms with E-state index >= 15 is 0 Å². The first kappa shape index (κ1) is 17.3. The molecule has 0 aromatic heterocycles. The van der Waals surface area contributed by atoms with Crippen molar-refractivity contribution in [1.29, 1.82) is 0 Å². The van der Waals surface area contributed by atoms with E-state index in [0.717, 1.165) is 50.3 Å². The predicted octanol–water partition coefficient (Wildman–Crippen LogP) is 2.75. The van der Waals surface area contributed by atoms with Gasteiger partial charge in [-0.3, -0.25) is 9.69 Å². The van der Waals surface area contributed by atoms with Crippen LogP contribution in [0, 0.1) is 0 Å². The number of hydrogen-bond donors (Lipinski definition) is 1. The zero-order valence-corrected chi connectivity index (χ0v) is 13.9. The second-order valence-electron chi connectivity index (χ2n) is 6.12. The Bertz CT molecular complexity index is 495. The minimum atomic E-state index is -0.746. The van der Waals surface area contributed by atoms with E-state index in [0.29, 0.717) is 6.04 Å². The molecule has 0 radical (unpaired) electrons. The fraction of sp³-hybridized carbons (Fsp3) is 0.588. The number of rotatable bonds is 6. The van der Waals surface area contributed by atoms with E-state index in [4.69, 9.17) is 16.7 Å². The third kappa shape index (κ3) is 5.59. The minimum Gasteiger partial charge on any atom is -0.480 e. The SMILES string of the molecule is CN(CC(=O)O)C1CCCN(CCc2cccc(Cl)c2)CC1. The molecule has 1 N–H and O–H groups in total. The Morgan fingerprint density at radius 1 is 1.41 bits per heavy atom. The molecule has 1 aliphatic heterocycles. The van der Waals surface area contributed by atoms with Crippen LogP contribution in [0.1, 0.15) is 24.8 Å². The monoisotopic (exact) mass is 324 g/mol. The number of benzene rings is 1. The Labute approximate surface area is 137 Å². The second-order valence-corrected chi connectivity index (χ2v) is 6.55. The van der Waals surface area contributed by atoms with Crippen molar-refractivity contribution in [3.05, 3.63) is 34.9 Å². The van der Waals surface area contributed by atoms with Gasteiger partial charge in [0.2, 0.25) is 0 Å². The first-order valence-electron chi connectivity index (χ1n) is 7.93. The summed E-state index contributed by atoms with van der Waals surface area (Å²) in [5.74, 6) is -0.746. The van der Waals surface area contributed by atoms with Crippen molar-refractivity contribution >= 4 is 17.6 Å². The largest absolute Gasteiger partial charge is 0.480 e. The average molecular weight is 325 g/mol. The van der Waals surface area contributed by atoms with Gasteiger partial charge in [0.15, 0.2) is 0 Å². The summed E-state index contributed by atoms with van der Waals surface area (Å²) in [7, 11) is 1.92. The summed E-state index contributed by atoms with van der Waals surface area (Å²) >= 11 is 6.02. The van der Waals surface area contributed by atoms with E-state index in [1.807, 2.05) is 30.1 Å². The van der Waals surface area contributed by atoms with Crippen LogP contribution in [0.15, 0.2) is 24.3 Å². The summed E-state index contributed by atoms with van der Waals surface area (Å²) in [5, 5.41) is 9.70. The van der Waals surface area contributed by atoms with Crippen molar-refractivity contribution in [1.82, 2.24) is 9.80 Å². The van der Waals surface area contributed by atoms with Crippen LogP contribution < -0.4 is 0 Å². The number of likely N-dealkylation sites (tertiary alicyclic amines) is 1. The molecule has 1 heterocycles. The van der Waals surface area contributed by atoms with E-state index in [1.165, 1.54) is 5.56 Å². The van der Waals surface area contributed by atoms with Gasteiger partial charge in [0.1, 0.15) is 0 Å². The number of likely N-dealkylation sites (N-methyl/N-ethyl adjacent to an activating group) is 1. The van der Waals surface area contributed by atoms with Crippen LogP contribution in [-0.4, -0.2) is 60.1 Å². The molecule has 0 saturated carbocycles. The van der Waals surface area contributed by atoms with E-state index in [2.05, 4.69) is 11.0 Å². The number of aliphatic carboxylic acids is 1. The zero-order valence-electron chi connectivity index (χ0n) is 13.2. The molecule has 1 fully saturated rings. The second kappa shape index (κ2) is 8.51. The van der Waals surface area contributed by atoms with Crippen molar-refractivity contribution in [3.63, 3.8) is 0 Å². The lowest BCUT2D eigenvalue weighted by atomic mass is 10.1. The first-order chi connectivity index (χ1) is 10.5. The molecule has 0 aliphatic carbocycles.